The molecule has 0 saturated carbocycles. The van der Waals surface area contributed by atoms with Gasteiger partial charge in [0.1, 0.15) is 0 Å². The summed E-state index contributed by atoms with van der Waals surface area (Å²) in [5, 5.41) is 13.5. The number of carbonyl (C=O) groups excluding carboxylic acids is 1. The third kappa shape index (κ3) is 3.17. The second-order valence-electron chi connectivity index (χ2n) is 4.53. The molecule has 1 N–H and O–H groups in total. The molecule has 1 heterocycles. The van der Waals surface area contributed by atoms with Gasteiger partial charge in [-0.15, -0.1) is 11.8 Å². The number of halogens is 1. The number of hydrogen-bond donors (Lipinski definition) is 1. The van der Waals surface area contributed by atoms with Crippen molar-refractivity contribution >= 4 is 29.3 Å². The van der Waals surface area contributed by atoms with E-state index in [1.54, 1.807) is 6.07 Å². The number of thioether (sulfide) groups is 1. The highest BCUT2D eigenvalue weighted by atomic mass is 35.5. The van der Waals surface area contributed by atoms with E-state index in [4.69, 9.17) is 11.6 Å². The molecule has 1 aliphatic rings. The summed E-state index contributed by atoms with van der Waals surface area (Å²) in [5.74, 6) is 0.560. The molecule has 0 aliphatic carbocycles. The zero-order valence-corrected chi connectivity index (χ0v) is 12.7. The highest BCUT2D eigenvalue weighted by molar-refractivity contribution is 8.03. The summed E-state index contributed by atoms with van der Waals surface area (Å²) in [7, 11) is 0. The van der Waals surface area contributed by atoms with Gasteiger partial charge >= 0.3 is 0 Å². The van der Waals surface area contributed by atoms with E-state index in [2.05, 4.69) is 18.3 Å². The highest BCUT2D eigenvalue weighted by Gasteiger charge is 2.30. The molecule has 0 fully saturated rings. The van der Waals surface area contributed by atoms with E-state index in [1.807, 2.05) is 18.2 Å². The van der Waals surface area contributed by atoms with Crippen LogP contribution in [0.5, 0.6) is 0 Å². The fourth-order valence-corrected chi connectivity index (χ4v) is 3.37. The standard InChI is InChI=1S/C15H15ClN2OS/c1-2-7-20-15-12(9-17)11(8-14(19)18-15)10-5-3-4-6-13(10)16/h3-6,11H,2,7-8H2,1H3,(H,18,19)/t11-/m1/s1. The molecule has 1 aromatic carbocycles. The minimum absolute atomic E-state index is 0.0625. The lowest BCUT2D eigenvalue weighted by molar-refractivity contribution is -0.120. The number of nitrogens with one attached hydrogen (secondary N) is 1. The van der Waals surface area contributed by atoms with E-state index < -0.39 is 0 Å². The fraction of sp³-hybridized carbons (Fsp3) is 0.333. The molecular formula is C15H15ClN2OS. The van der Waals surface area contributed by atoms with Crippen molar-refractivity contribution in [3.05, 3.63) is 45.5 Å². The molecule has 5 heteroatoms. The molecule has 0 radical (unpaired) electrons. The van der Waals surface area contributed by atoms with E-state index in [-0.39, 0.29) is 18.2 Å². The third-order valence-electron chi connectivity index (χ3n) is 3.09. The zero-order chi connectivity index (χ0) is 14.5. The molecule has 1 amide bonds. The molecule has 20 heavy (non-hydrogen) atoms. The van der Waals surface area contributed by atoms with E-state index in [0.717, 1.165) is 17.7 Å². The monoisotopic (exact) mass is 306 g/mol. The molecule has 0 bridgehead atoms. The molecule has 1 aromatic rings. The Hall–Kier alpha value is -1.44. The van der Waals surface area contributed by atoms with Crippen LogP contribution in [0.3, 0.4) is 0 Å². The van der Waals surface area contributed by atoms with E-state index in [9.17, 15) is 10.1 Å². The zero-order valence-electron chi connectivity index (χ0n) is 11.1. The summed E-state index contributed by atoms with van der Waals surface area (Å²) < 4.78 is 0. The molecule has 0 aromatic heterocycles. The van der Waals surface area contributed by atoms with Crippen molar-refractivity contribution in [3.63, 3.8) is 0 Å². The van der Waals surface area contributed by atoms with Gasteiger partial charge in [-0.2, -0.15) is 5.26 Å². The first-order valence-corrected chi connectivity index (χ1v) is 7.85. The summed E-state index contributed by atoms with van der Waals surface area (Å²) in [6, 6.07) is 9.63. The quantitative estimate of drug-likeness (QED) is 0.920. The second kappa shape index (κ2) is 6.83. The Morgan fingerprint density at radius 2 is 2.25 bits per heavy atom. The SMILES string of the molecule is CCCSC1=C(C#N)[C@@H](c2ccccc2Cl)CC(=O)N1. The molecule has 2 rings (SSSR count). The van der Waals surface area contributed by atoms with Crippen molar-refractivity contribution in [2.24, 2.45) is 0 Å². The van der Waals surface area contributed by atoms with Gasteiger partial charge in [-0.05, 0) is 23.8 Å². The maximum Gasteiger partial charge on any atom is 0.225 e. The van der Waals surface area contributed by atoms with Crippen LogP contribution in [0.4, 0.5) is 0 Å². The molecule has 104 valence electrons. The first kappa shape index (κ1) is 15.0. The molecule has 3 nitrogen and oxygen atoms in total. The van der Waals surface area contributed by atoms with Crippen molar-refractivity contribution in [1.82, 2.24) is 5.32 Å². The number of amides is 1. The summed E-state index contributed by atoms with van der Waals surface area (Å²) >= 11 is 7.73. The van der Waals surface area contributed by atoms with Crippen molar-refractivity contribution in [2.75, 3.05) is 5.75 Å². The minimum atomic E-state index is -0.248. The smallest absolute Gasteiger partial charge is 0.225 e. The van der Waals surface area contributed by atoms with Crippen molar-refractivity contribution in [3.8, 4) is 6.07 Å². The topological polar surface area (TPSA) is 52.9 Å². The summed E-state index contributed by atoms with van der Waals surface area (Å²) in [5.41, 5.74) is 1.45. The Morgan fingerprint density at radius 3 is 2.90 bits per heavy atom. The van der Waals surface area contributed by atoms with E-state index in [1.165, 1.54) is 11.8 Å². The number of nitriles is 1. The maximum absolute atomic E-state index is 11.9. The summed E-state index contributed by atoms with van der Waals surface area (Å²) in [6.45, 7) is 2.07. The molecular weight excluding hydrogens is 292 g/mol. The third-order valence-corrected chi connectivity index (χ3v) is 4.65. The number of hydrogen-bond acceptors (Lipinski definition) is 3. The van der Waals surface area contributed by atoms with Crippen LogP contribution in [0, 0.1) is 11.3 Å². The van der Waals surface area contributed by atoms with E-state index in [0.29, 0.717) is 15.6 Å². The average Bonchev–Trinajstić information content (AvgIpc) is 2.45. The Morgan fingerprint density at radius 1 is 1.50 bits per heavy atom. The number of carbonyl (C=O) groups is 1. The second-order valence-corrected chi connectivity index (χ2v) is 6.04. The number of allylic oxidation sites excluding steroid dienone is 1. The minimum Gasteiger partial charge on any atom is -0.320 e. The van der Waals surface area contributed by atoms with Crippen LogP contribution < -0.4 is 5.32 Å². The van der Waals surface area contributed by atoms with Gasteiger partial charge in [0.2, 0.25) is 5.91 Å². The maximum atomic E-state index is 11.9. The molecule has 0 saturated heterocycles. The number of rotatable bonds is 4. The molecule has 0 spiro atoms. The van der Waals surface area contributed by atoms with Crippen LogP contribution in [0.25, 0.3) is 0 Å². The largest absolute Gasteiger partial charge is 0.320 e. The molecule has 1 aliphatic heterocycles. The van der Waals surface area contributed by atoms with Crippen LogP contribution in [-0.2, 0) is 4.79 Å². The summed E-state index contributed by atoms with van der Waals surface area (Å²) in [4.78, 5) is 11.9. The van der Waals surface area contributed by atoms with Gasteiger partial charge in [-0.3, -0.25) is 4.79 Å². The Bertz CT molecular complexity index is 592. The lowest BCUT2D eigenvalue weighted by Crippen LogP contribution is -2.31. The highest BCUT2D eigenvalue weighted by Crippen LogP contribution is 2.38. The Balaban J connectivity index is 2.43. The van der Waals surface area contributed by atoms with Gasteiger partial charge in [0.05, 0.1) is 16.7 Å². The van der Waals surface area contributed by atoms with Gasteiger partial charge in [-0.25, -0.2) is 0 Å². The van der Waals surface area contributed by atoms with Crippen molar-refractivity contribution in [1.29, 1.82) is 5.26 Å². The van der Waals surface area contributed by atoms with Gasteiger partial charge < -0.3 is 5.32 Å². The van der Waals surface area contributed by atoms with Crippen LogP contribution in [0.1, 0.15) is 31.2 Å². The predicted molar refractivity (Wildman–Crippen MR) is 82.3 cm³/mol. The van der Waals surface area contributed by atoms with E-state index >= 15 is 0 Å². The normalized spacial score (nSPS) is 18.6. The average molecular weight is 307 g/mol. The Kier molecular flexibility index (Phi) is 5.11. The Labute approximate surface area is 128 Å². The van der Waals surface area contributed by atoms with Gasteiger partial charge in [-0.1, -0.05) is 36.7 Å². The van der Waals surface area contributed by atoms with Crippen LogP contribution in [-0.4, -0.2) is 11.7 Å². The number of benzene rings is 1. The van der Waals surface area contributed by atoms with Crippen LogP contribution in [0.15, 0.2) is 34.9 Å². The molecule has 0 unspecified atom stereocenters. The van der Waals surface area contributed by atoms with Crippen molar-refractivity contribution in [2.45, 2.75) is 25.7 Å². The van der Waals surface area contributed by atoms with Crippen LogP contribution in [0.2, 0.25) is 5.02 Å². The van der Waals surface area contributed by atoms with Gasteiger partial charge in [0.25, 0.3) is 0 Å². The lowest BCUT2D eigenvalue weighted by atomic mass is 9.87. The van der Waals surface area contributed by atoms with Crippen LogP contribution >= 0.6 is 23.4 Å². The molecule has 1 atom stereocenters. The predicted octanol–water partition coefficient (Wildman–Crippen LogP) is 3.82. The summed E-state index contributed by atoms with van der Waals surface area (Å²) in [6.07, 6.45) is 1.25. The lowest BCUT2D eigenvalue weighted by Gasteiger charge is -2.25. The first-order valence-electron chi connectivity index (χ1n) is 6.48. The van der Waals surface area contributed by atoms with Gasteiger partial charge in [0.15, 0.2) is 0 Å². The van der Waals surface area contributed by atoms with Crippen molar-refractivity contribution < 1.29 is 4.79 Å². The fourth-order valence-electron chi connectivity index (χ4n) is 2.16. The number of nitrogens with zero attached hydrogens (tertiary/aromatic N) is 1. The first-order chi connectivity index (χ1) is 9.67. The van der Waals surface area contributed by atoms with Gasteiger partial charge in [0, 0.05) is 17.4 Å².